The van der Waals surface area contributed by atoms with Crippen molar-refractivity contribution in [2.45, 2.75) is 58.9 Å². The Bertz CT molecular complexity index is 1280. The first-order valence-corrected chi connectivity index (χ1v) is 12.6. The van der Waals surface area contributed by atoms with Crippen LogP contribution < -0.4 is 5.32 Å². The summed E-state index contributed by atoms with van der Waals surface area (Å²) >= 11 is 0. The van der Waals surface area contributed by atoms with Gasteiger partial charge in [-0.15, -0.1) is 0 Å². The molecular weight excluding hydrogens is 481 g/mol. The molecular formula is C29H35F3N2O3. The number of esters is 1. The first-order chi connectivity index (χ1) is 17.4. The summed E-state index contributed by atoms with van der Waals surface area (Å²) in [6.45, 7) is 7.94. The number of nitrogens with one attached hydrogen (secondary N) is 1. The number of carbonyl (C=O) groups is 1. The second-order valence-electron chi connectivity index (χ2n) is 10.7. The van der Waals surface area contributed by atoms with E-state index in [-0.39, 0.29) is 18.7 Å². The molecule has 1 aliphatic heterocycles. The number of methoxy groups -OCH3 is 1. The maximum absolute atomic E-state index is 14.0. The summed E-state index contributed by atoms with van der Waals surface area (Å²) in [5.74, 6) is -0.0478. The van der Waals surface area contributed by atoms with Gasteiger partial charge in [-0.25, -0.2) is 0 Å². The average Bonchev–Trinajstić information content (AvgIpc) is 3.06. The summed E-state index contributed by atoms with van der Waals surface area (Å²) in [4.78, 5) is 11.5. The van der Waals surface area contributed by atoms with Crippen molar-refractivity contribution < 1.29 is 27.4 Å². The van der Waals surface area contributed by atoms with E-state index >= 15 is 0 Å². The molecule has 37 heavy (non-hydrogen) atoms. The number of aromatic nitrogens is 1. The van der Waals surface area contributed by atoms with E-state index in [1.807, 2.05) is 57.2 Å². The zero-order chi connectivity index (χ0) is 27.0. The Morgan fingerprint density at radius 2 is 1.86 bits per heavy atom. The van der Waals surface area contributed by atoms with Crippen molar-refractivity contribution in [3.63, 3.8) is 0 Å². The number of nitrogens with zero attached hydrogens (tertiary/aromatic N) is 1. The van der Waals surface area contributed by atoms with Gasteiger partial charge >= 0.3 is 12.1 Å². The Kier molecular flexibility index (Phi) is 7.72. The van der Waals surface area contributed by atoms with Crippen molar-refractivity contribution in [3.8, 4) is 11.3 Å². The fourth-order valence-electron chi connectivity index (χ4n) is 5.07. The smallest absolute Gasteiger partial charge is 0.406 e. The summed E-state index contributed by atoms with van der Waals surface area (Å²) in [6.07, 6.45) is -4.30. The number of benzene rings is 2. The number of ether oxygens (including phenoxy) is 2. The van der Waals surface area contributed by atoms with E-state index in [0.717, 1.165) is 35.2 Å². The van der Waals surface area contributed by atoms with Crippen molar-refractivity contribution in [3.05, 3.63) is 59.2 Å². The van der Waals surface area contributed by atoms with Crippen LogP contribution in [0.2, 0.25) is 0 Å². The van der Waals surface area contributed by atoms with Crippen molar-refractivity contribution in [1.29, 1.82) is 0 Å². The number of rotatable bonds is 9. The fraction of sp³-hybridized carbons (Fsp3) is 0.483. The molecule has 1 fully saturated rings. The van der Waals surface area contributed by atoms with Crippen LogP contribution in [0.5, 0.6) is 0 Å². The number of hydrogen-bond donors (Lipinski definition) is 1. The number of fused-ring (bicyclic) bond motifs is 1. The van der Waals surface area contributed by atoms with Crippen LogP contribution in [0.1, 0.15) is 56.4 Å². The zero-order valence-electron chi connectivity index (χ0n) is 22.0. The first-order valence-electron chi connectivity index (χ1n) is 12.6. The topological polar surface area (TPSA) is 52.5 Å². The van der Waals surface area contributed by atoms with Gasteiger partial charge in [0.15, 0.2) is 0 Å². The van der Waals surface area contributed by atoms with E-state index in [4.69, 9.17) is 9.47 Å². The molecule has 4 rings (SSSR count). The summed E-state index contributed by atoms with van der Waals surface area (Å²) < 4.78 is 54.4. The largest absolute Gasteiger partial charge is 0.465 e. The average molecular weight is 517 g/mol. The van der Waals surface area contributed by atoms with Crippen molar-refractivity contribution in [2.75, 3.05) is 26.8 Å². The minimum atomic E-state index is -4.41. The molecule has 0 unspecified atom stereocenters. The van der Waals surface area contributed by atoms with Gasteiger partial charge in [0.1, 0.15) is 6.54 Å². The predicted molar refractivity (Wildman–Crippen MR) is 139 cm³/mol. The second kappa shape index (κ2) is 10.5. The third kappa shape index (κ3) is 6.02. The predicted octanol–water partition coefficient (Wildman–Crippen LogP) is 6.40. The van der Waals surface area contributed by atoms with Gasteiger partial charge in [0.05, 0.1) is 18.4 Å². The van der Waals surface area contributed by atoms with Crippen LogP contribution in [0.15, 0.2) is 42.5 Å². The highest BCUT2D eigenvalue weighted by molar-refractivity contribution is 5.93. The molecule has 0 saturated carbocycles. The molecule has 0 amide bonds. The Morgan fingerprint density at radius 3 is 2.46 bits per heavy atom. The normalized spacial score (nSPS) is 15.6. The van der Waals surface area contributed by atoms with Crippen LogP contribution in [-0.2, 0) is 27.2 Å². The maximum atomic E-state index is 14.0. The molecule has 200 valence electrons. The molecule has 3 aromatic rings. The van der Waals surface area contributed by atoms with Gasteiger partial charge in [-0.3, -0.25) is 4.79 Å². The molecule has 0 bridgehead atoms. The van der Waals surface area contributed by atoms with Gasteiger partial charge in [0.25, 0.3) is 0 Å². The monoisotopic (exact) mass is 516 g/mol. The molecule has 2 heterocycles. The Labute approximate surface area is 215 Å². The molecule has 8 heteroatoms. The van der Waals surface area contributed by atoms with Gasteiger partial charge < -0.3 is 19.4 Å². The van der Waals surface area contributed by atoms with Gasteiger partial charge in [0.2, 0.25) is 0 Å². The molecule has 1 aromatic heterocycles. The van der Waals surface area contributed by atoms with Gasteiger partial charge in [-0.1, -0.05) is 44.2 Å². The fourth-order valence-corrected chi connectivity index (χ4v) is 5.07. The van der Waals surface area contributed by atoms with Gasteiger partial charge in [-0.05, 0) is 42.2 Å². The SMILES string of the molecule is CO[C@@H](C)c1ccccc1-c1c(CC(C)(C)COC(C)=O)c2cc(C3CNC3)ccc2n1CC(F)(F)F. The standard InChI is InChI=1S/C29H35F3N2O3/c1-18(36-5)22-8-6-7-9-23(22)27-25(13-28(3,4)17-37-19(2)35)24-12-20(21-14-33-15-21)10-11-26(24)34(27)16-29(30,31)32/h6-12,18,21,33H,13-17H2,1-5H3/t18-/m0/s1. The molecule has 2 aromatic carbocycles. The highest BCUT2D eigenvalue weighted by Crippen LogP contribution is 2.43. The second-order valence-corrected chi connectivity index (χ2v) is 10.7. The van der Waals surface area contributed by atoms with Crippen molar-refractivity contribution in [2.24, 2.45) is 5.41 Å². The molecule has 0 spiro atoms. The lowest BCUT2D eigenvalue weighted by molar-refractivity contribution is -0.144. The number of halogens is 3. The van der Waals surface area contributed by atoms with E-state index in [9.17, 15) is 18.0 Å². The third-order valence-corrected chi connectivity index (χ3v) is 7.11. The van der Waals surface area contributed by atoms with E-state index in [1.165, 1.54) is 11.5 Å². The van der Waals surface area contributed by atoms with Crippen molar-refractivity contribution >= 4 is 16.9 Å². The first kappa shape index (κ1) is 27.2. The van der Waals surface area contributed by atoms with E-state index in [0.29, 0.717) is 29.1 Å². The molecule has 1 atom stereocenters. The quantitative estimate of drug-likeness (QED) is 0.335. The third-order valence-electron chi connectivity index (χ3n) is 7.11. The Balaban J connectivity index is 2.01. The van der Waals surface area contributed by atoms with Crippen LogP contribution in [0, 0.1) is 5.41 Å². The molecule has 0 radical (unpaired) electrons. The zero-order valence-corrected chi connectivity index (χ0v) is 22.0. The Morgan fingerprint density at radius 1 is 1.16 bits per heavy atom. The summed E-state index contributed by atoms with van der Waals surface area (Å²) in [5.41, 5.74) is 4.03. The van der Waals surface area contributed by atoms with Gasteiger partial charge in [0, 0.05) is 54.9 Å². The van der Waals surface area contributed by atoms with Crippen LogP contribution in [-0.4, -0.2) is 43.5 Å². The Hall–Kier alpha value is -2.84. The van der Waals surface area contributed by atoms with Crippen LogP contribution in [0.3, 0.4) is 0 Å². The molecule has 5 nitrogen and oxygen atoms in total. The molecule has 1 N–H and O–H groups in total. The van der Waals surface area contributed by atoms with Crippen LogP contribution in [0.25, 0.3) is 22.2 Å². The molecule has 0 aliphatic carbocycles. The van der Waals surface area contributed by atoms with E-state index in [2.05, 4.69) is 11.4 Å². The lowest BCUT2D eigenvalue weighted by Crippen LogP contribution is -2.39. The van der Waals surface area contributed by atoms with Crippen molar-refractivity contribution in [1.82, 2.24) is 9.88 Å². The number of hydrogen-bond acceptors (Lipinski definition) is 4. The molecule has 1 saturated heterocycles. The highest BCUT2D eigenvalue weighted by atomic mass is 19.4. The number of carbonyl (C=O) groups excluding carboxylic acids is 1. The summed E-state index contributed by atoms with van der Waals surface area (Å²) in [7, 11) is 1.59. The van der Waals surface area contributed by atoms with E-state index < -0.39 is 18.1 Å². The lowest BCUT2D eigenvalue weighted by atomic mass is 9.83. The van der Waals surface area contributed by atoms with Crippen LogP contribution >= 0.6 is 0 Å². The van der Waals surface area contributed by atoms with Gasteiger partial charge in [-0.2, -0.15) is 13.2 Å². The minimum Gasteiger partial charge on any atom is -0.465 e. The van der Waals surface area contributed by atoms with E-state index in [1.54, 1.807) is 7.11 Å². The summed E-state index contributed by atoms with van der Waals surface area (Å²) in [6, 6.07) is 13.3. The highest BCUT2D eigenvalue weighted by Gasteiger charge is 2.34. The minimum absolute atomic E-state index is 0.163. The summed E-state index contributed by atoms with van der Waals surface area (Å²) in [5, 5.41) is 4.08. The molecule has 1 aliphatic rings. The lowest BCUT2D eigenvalue weighted by Gasteiger charge is -2.28. The maximum Gasteiger partial charge on any atom is 0.406 e. The number of alkyl halides is 3. The van der Waals surface area contributed by atoms with Crippen LogP contribution in [0.4, 0.5) is 13.2 Å².